The van der Waals surface area contributed by atoms with Gasteiger partial charge in [-0.05, 0) is 25.7 Å². The van der Waals surface area contributed by atoms with Crippen LogP contribution in [0.3, 0.4) is 0 Å². The predicted octanol–water partition coefficient (Wildman–Crippen LogP) is -0.249. The molecule has 2 rings (SSSR count). The van der Waals surface area contributed by atoms with Crippen molar-refractivity contribution in [2.24, 2.45) is 11.8 Å². The first kappa shape index (κ1) is 14.5. The summed E-state index contributed by atoms with van der Waals surface area (Å²) in [6.07, 6.45) is 1.87. The van der Waals surface area contributed by atoms with Crippen molar-refractivity contribution in [3.8, 4) is 0 Å². The summed E-state index contributed by atoms with van der Waals surface area (Å²) in [6.45, 7) is 0. The van der Waals surface area contributed by atoms with E-state index in [0.717, 1.165) is 4.90 Å². The molecular weight excluding hydrogens is 264 g/mol. The fourth-order valence-corrected chi connectivity index (χ4v) is 2.78. The van der Waals surface area contributed by atoms with Crippen molar-refractivity contribution in [3.63, 3.8) is 0 Å². The van der Waals surface area contributed by atoms with Crippen molar-refractivity contribution < 1.29 is 24.3 Å². The van der Waals surface area contributed by atoms with Gasteiger partial charge in [-0.3, -0.25) is 24.1 Å². The summed E-state index contributed by atoms with van der Waals surface area (Å²) in [5.74, 6) is -2.63. The maximum absolute atomic E-state index is 12.1. The Bertz CT molecular complexity index is 462. The number of imide groups is 1. The van der Waals surface area contributed by atoms with Crippen LogP contribution in [0.4, 0.5) is 0 Å². The Morgan fingerprint density at radius 2 is 1.85 bits per heavy atom. The van der Waals surface area contributed by atoms with E-state index in [1.54, 1.807) is 0 Å². The lowest BCUT2D eigenvalue weighted by atomic mass is 10.0. The van der Waals surface area contributed by atoms with Crippen LogP contribution in [0, 0.1) is 11.8 Å². The second kappa shape index (κ2) is 5.60. The molecule has 7 nitrogen and oxygen atoms in total. The average molecular weight is 282 g/mol. The normalized spacial score (nSPS) is 30.4. The first-order chi connectivity index (χ1) is 9.40. The Labute approximate surface area is 116 Å². The quantitative estimate of drug-likeness (QED) is 0.695. The highest BCUT2D eigenvalue weighted by atomic mass is 16.4. The van der Waals surface area contributed by atoms with Crippen molar-refractivity contribution in [1.82, 2.24) is 10.2 Å². The molecule has 0 aromatic rings. The summed E-state index contributed by atoms with van der Waals surface area (Å²) >= 11 is 0. The fourth-order valence-electron chi connectivity index (χ4n) is 2.78. The fraction of sp³-hybridized carbons (Fsp3) is 0.692. The molecule has 1 saturated heterocycles. The van der Waals surface area contributed by atoms with Crippen molar-refractivity contribution >= 4 is 23.7 Å². The Balaban J connectivity index is 1.91. The van der Waals surface area contributed by atoms with Gasteiger partial charge in [-0.25, -0.2) is 0 Å². The number of amides is 3. The van der Waals surface area contributed by atoms with Gasteiger partial charge in [0.25, 0.3) is 5.91 Å². The van der Waals surface area contributed by atoms with Gasteiger partial charge < -0.3 is 10.4 Å². The van der Waals surface area contributed by atoms with Crippen LogP contribution in [0.2, 0.25) is 0 Å². The summed E-state index contributed by atoms with van der Waals surface area (Å²) in [5, 5.41) is 11.6. The maximum Gasteiger partial charge on any atom is 0.306 e. The van der Waals surface area contributed by atoms with Crippen LogP contribution in [0.15, 0.2) is 0 Å². The van der Waals surface area contributed by atoms with Gasteiger partial charge in [0, 0.05) is 19.4 Å². The number of rotatable bonds is 3. The van der Waals surface area contributed by atoms with E-state index in [9.17, 15) is 19.2 Å². The van der Waals surface area contributed by atoms with Gasteiger partial charge in [-0.1, -0.05) is 0 Å². The summed E-state index contributed by atoms with van der Waals surface area (Å²) in [6, 6.07) is -0.672. The molecule has 2 fully saturated rings. The third-order valence-electron chi connectivity index (χ3n) is 4.12. The first-order valence-electron chi connectivity index (χ1n) is 6.73. The number of likely N-dealkylation sites (N-methyl/N-ethyl adjacent to an activating group) is 1. The Kier molecular flexibility index (Phi) is 4.06. The van der Waals surface area contributed by atoms with E-state index in [-0.39, 0.29) is 24.2 Å². The lowest BCUT2D eigenvalue weighted by molar-refractivity contribution is -0.150. The number of likely N-dealkylation sites (tertiary alicyclic amines) is 1. The number of hydrogen-bond acceptors (Lipinski definition) is 4. The number of carboxylic acids is 1. The summed E-state index contributed by atoms with van der Waals surface area (Å²) < 4.78 is 0. The molecular formula is C13H18N2O5. The molecule has 1 heterocycles. The van der Waals surface area contributed by atoms with E-state index in [1.165, 1.54) is 7.05 Å². The summed E-state index contributed by atoms with van der Waals surface area (Å²) in [7, 11) is 1.40. The number of hydrogen-bond donors (Lipinski definition) is 2. The van der Waals surface area contributed by atoms with E-state index in [2.05, 4.69) is 5.32 Å². The van der Waals surface area contributed by atoms with Gasteiger partial charge in [0.05, 0.1) is 5.92 Å². The third-order valence-corrected chi connectivity index (χ3v) is 4.12. The molecule has 1 aliphatic carbocycles. The van der Waals surface area contributed by atoms with E-state index < -0.39 is 23.8 Å². The zero-order chi connectivity index (χ0) is 14.9. The Morgan fingerprint density at radius 1 is 1.20 bits per heavy atom. The number of carboxylic acid groups (broad SMARTS) is 1. The van der Waals surface area contributed by atoms with Crippen LogP contribution in [0.1, 0.15) is 32.1 Å². The lowest BCUT2D eigenvalue weighted by Gasteiger charge is -2.28. The summed E-state index contributed by atoms with van der Waals surface area (Å²) in [5.41, 5.74) is 0. The van der Waals surface area contributed by atoms with Crippen LogP contribution in [0.5, 0.6) is 0 Å². The minimum atomic E-state index is -0.876. The maximum atomic E-state index is 12.1. The van der Waals surface area contributed by atoms with Gasteiger partial charge >= 0.3 is 5.97 Å². The highest BCUT2D eigenvalue weighted by molar-refractivity contribution is 6.01. The molecule has 1 aliphatic heterocycles. The molecule has 7 heteroatoms. The second-order valence-electron chi connectivity index (χ2n) is 5.44. The Morgan fingerprint density at radius 3 is 2.45 bits per heavy atom. The van der Waals surface area contributed by atoms with Gasteiger partial charge in [0.15, 0.2) is 0 Å². The highest BCUT2D eigenvalue weighted by Gasteiger charge is 2.37. The largest absolute Gasteiger partial charge is 0.481 e. The molecule has 2 aliphatic rings. The van der Waals surface area contributed by atoms with Crippen LogP contribution >= 0.6 is 0 Å². The number of nitrogens with zero attached hydrogens (tertiary/aromatic N) is 1. The van der Waals surface area contributed by atoms with E-state index >= 15 is 0 Å². The first-order valence-corrected chi connectivity index (χ1v) is 6.73. The van der Waals surface area contributed by atoms with Crippen molar-refractivity contribution in [3.05, 3.63) is 0 Å². The summed E-state index contributed by atoms with van der Waals surface area (Å²) in [4.78, 5) is 47.1. The molecule has 3 amide bonds. The molecule has 1 saturated carbocycles. The number of carbonyl (C=O) groups excluding carboxylic acids is 3. The minimum Gasteiger partial charge on any atom is -0.481 e. The van der Waals surface area contributed by atoms with Crippen LogP contribution in [0.25, 0.3) is 0 Å². The molecule has 3 atom stereocenters. The number of aliphatic carboxylic acids is 1. The number of nitrogens with one attached hydrogen (secondary N) is 1. The SMILES string of the molecule is CN1C(=O)CCC(NC(=O)C2CCC(C(=O)O)C2)C1=O. The van der Waals surface area contributed by atoms with E-state index in [4.69, 9.17) is 5.11 Å². The second-order valence-corrected chi connectivity index (χ2v) is 5.44. The molecule has 2 N–H and O–H groups in total. The molecule has 0 radical (unpaired) electrons. The third kappa shape index (κ3) is 2.81. The highest BCUT2D eigenvalue weighted by Crippen LogP contribution is 2.31. The van der Waals surface area contributed by atoms with Crippen LogP contribution in [-0.2, 0) is 19.2 Å². The topological polar surface area (TPSA) is 104 Å². The van der Waals surface area contributed by atoms with Crippen LogP contribution in [-0.4, -0.2) is 46.8 Å². The van der Waals surface area contributed by atoms with Crippen molar-refractivity contribution in [1.29, 1.82) is 0 Å². The lowest BCUT2D eigenvalue weighted by Crippen LogP contribution is -2.53. The van der Waals surface area contributed by atoms with Crippen molar-refractivity contribution in [2.45, 2.75) is 38.1 Å². The van der Waals surface area contributed by atoms with Crippen molar-refractivity contribution in [2.75, 3.05) is 7.05 Å². The van der Waals surface area contributed by atoms with Crippen LogP contribution < -0.4 is 5.32 Å². The molecule has 0 aromatic carbocycles. The molecule has 20 heavy (non-hydrogen) atoms. The molecule has 0 aromatic heterocycles. The van der Waals surface area contributed by atoms with Gasteiger partial charge in [0.2, 0.25) is 11.8 Å². The standard InChI is InChI=1S/C13H18N2O5/c1-15-10(16)5-4-9(12(15)18)14-11(17)7-2-3-8(6-7)13(19)20/h7-9H,2-6H2,1H3,(H,14,17)(H,19,20). The minimum absolute atomic E-state index is 0.232. The van der Waals surface area contributed by atoms with E-state index in [0.29, 0.717) is 25.7 Å². The zero-order valence-electron chi connectivity index (χ0n) is 11.3. The average Bonchev–Trinajstić information content (AvgIpc) is 2.89. The van der Waals surface area contributed by atoms with Gasteiger partial charge in [-0.15, -0.1) is 0 Å². The molecule has 3 unspecified atom stereocenters. The monoisotopic (exact) mass is 282 g/mol. The zero-order valence-corrected chi connectivity index (χ0v) is 11.3. The van der Waals surface area contributed by atoms with E-state index in [1.807, 2.05) is 0 Å². The van der Waals surface area contributed by atoms with Gasteiger partial charge in [0.1, 0.15) is 6.04 Å². The number of carbonyl (C=O) groups is 4. The smallest absolute Gasteiger partial charge is 0.306 e. The molecule has 0 spiro atoms. The Hall–Kier alpha value is -1.92. The number of piperidine rings is 1. The molecule has 0 bridgehead atoms. The molecule has 110 valence electrons. The predicted molar refractivity (Wildman–Crippen MR) is 67.4 cm³/mol. The van der Waals surface area contributed by atoms with Gasteiger partial charge in [-0.2, -0.15) is 0 Å².